The van der Waals surface area contributed by atoms with Crippen LogP contribution in [-0.2, 0) is 16.0 Å². The first kappa shape index (κ1) is 14.4. The summed E-state index contributed by atoms with van der Waals surface area (Å²) in [7, 11) is 0. The Morgan fingerprint density at radius 1 is 1.39 bits per heavy atom. The fourth-order valence-electron chi connectivity index (χ4n) is 1.57. The van der Waals surface area contributed by atoms with Gasteiger partial charge in [-0.2, -0.15) is 0 Å². The minimum atomic E-state index is -0.145. The lowest BCUT2D eigenvalue weighted by Crippen LogP contribution is -2.09. The number of aromatic nitrogens is 2. The third-order valence-electron chi connectivity index (χ3n) is 2.40. The number of nitrogens with one attached hydrogen (secondary N) is 1. The van der Waals surface area contributed by atoms with Gasteiger partial charge in [-0.3, -0.25) is 4.79 Å². The van der Waals surface area contributed by atoms with Crippen molar-refractivity contribution >= 4 is 11.8 Å². The second-order valence-corrected chi connectivity index (χ2v) is 3.98. The van der Waals surface area contributed by atoms with Crippen molar-refractivity contribution in [3.8, 4) is 0 Å². The number of nitrogens with zero attached hydrogens (tertiary/aromatic N) is 2. The van der Waals surface area contributed by atoms with Crippen LogP contribution in [0.4, 0.5) is 5.82 Å². The molecule has 0 saturated heterocycles. The molecule has 18 heavy (non-hydrogen) atoms. The average molecular weight is 251 g/mol. The molecule has 0 saturated carbocycles. The van der Waals surface area contributed by atoms with Crippen LogP contribution < -0.4 is 5.32 Å². The summed E-state index contributed by atoms with van der Waals surface area (Å²) in [5.74, 6) is 0.672. The van der Waals surface area contributed by atoms with Crippen LogP contribution in [0.15, 0.2) is 12.4 Å². The van der Waals surface area contributed by atoms with Crippen molar-refractivity contribution in [2.75, 3.05) is 18.5 Å². The van der Waals surface area contributed by atoms with Crippen LogP contribution >= 0.6 is 0 Å². The highest BCUT2D eigenvalue weighted by Gasteiger charge is 2.01. The minimum Gasteiger partial charge on any atom is -0.466 e. The lowest BCUT2D eigenvalue weighted by atomic mass is 10.2. The quantitative estimate of drug-likeness (QED) is 0.566. The van der Waals surface area contributed by atoms with Crippen molar-refractivity contribution < 1.29 is 9.53 Å². The summed E-state index contributed by atoms with van der Waals surface area (Å²) < 4.78 is 4.85. The Morgan fingerprint density at radius 3 is 2.94 bits per heavy atom. The monoisotopic (exact) mass is 251 g/mol. The van der Waals surface area contributed by atoms with Crippen LogP contribution in [0.5, 0.6) is 0 Å². The third-order valence-corrected chi connectivity index (χ3v) is 2.40. The van der Waals surface area contributed by atoms with Gasteiger partial charge in [-0.25, -0.2) is 9.97 Å². The molecule has 0 aromatic carbocycles. The van der Waals surface area contributed by atoms with Gasteiger partial charge in [0.05, 0.1) is 6.61 Å². The Morgan fingerprint density at radius 2 is 2.22 bits per heavy atom. The number of carbonyl (C=O) groups is 1. The largest absolute Gasteiger partial charge is 0.466 e. The first-order valence-electron chi connectivity index (χ1n) is 6.46. The molecule has 0 fully saturated rings. The van der Waals surface area contributed by atoms with E-state index in [0.29, 0.717) is 19.6 Å². The molecule has 0 atom stereocenters. The third kappa shape index (κ3) is 5.61. The van der Waals surface area contributed by atoms with Crippen LogP contribution in [0.2, 0.25) is 0 Å². The van der Waals surface area contributed by atoms with Gasteiger partial charge in [0.2, 0.25) is 0 Å². The number of ether oxygens (including phenoxy) is 1. The van der Waals surface area contributed by atoms with Gasteiger partial charge in [-0.05, 0) is 19.8 Å². The van der Waals surface area contributed by atoms with E-state index in [0.717, 1.165) is 30.8 Å². The van der Waals surface area contributed by atoms with E-state index in [1.807, 2.05) is 13.0 Å². The maximum atomic E-state index is 11.1. The lowest BCUT2D eigenvalue weighted by molar-refractivity contribution is -0.143. The highest BCUT2D eigenvalue weighted by atomic mass is 16.5. The van der Waals surface area contributed by atoms with Crippen molar-refractivity contribution in [2.24, 2.45) is 0 Å². The van der Waals surface area contributed by atoms with E-state index in [2.05, 4.69) is 22.2 Å². The molecular weight excluding hydrogens is 230 g/mol. The second kappa shape index (κ2) is 8.44. The molecule has 1 aromatic rings. The molecule has 0 aliphatic carbocycles. The van der Waals surface area contributed by atoms with Crippen LogP contribution in [0.25, 0.3) is 0 Å². The zero-order valence-corrected chi connectivity index (χ0v) is 11.1. The standard InChI is InChI=1S/C13H21N3O2/c1-3-6-11-9-12(16-10-15-11)14-8-5-7-13(17)18-4-2/h9-10H,3-8H2,1-2H3,(H,14,15,16). The molecule has 0 spiro atoms. The number of hydrogen-bond donors (Lipinski definition) is 1. The summed E-state index contributed by atoms with van der Waals surface area (Å²) in [5.41, 5.74) is 1.04. The first-order chi connectivity index (χ1) is 8.76. The number of esters is 1. The van der Waals surface area contributed by atoms with Crippen LogP contribution in [0, 0.1) is 0 Å². The summed E-state index contributed by atoms with van der Waals surface area (Å²) in [6.45, 7) is 5.08. The number of anilines is 1. The van der Waals surface area contributed by atoms with E-state index in [1.165, 1.54) is 0 Å². The summed E-state index contributed by atoms with van der Waals surface area (Å²) in [6.07, 6.45) is 4.78. The maximum absolute atomic E-state index is 11.1. The molecule has 0 bridgehead atoms. The molecule has 1 N–H and O–H groups in total. The normalized spacial score (nSPS) is 10.1. The molecule has 5 heteroatoms. The molecular formula is C13H21N3O2. The molecule has 0 aliphatic rings. The first-order valence-corrected chi connectivity index (χ1v) is 6.46. The van der Waals surface area contributed by atoms with Gasteiger partial charge in [0.15, 0.2) is 0 Å². The Hall–Kier alpha value is -1.65. The topological polar surface area (TPSA) is 64.1 Å². The van der Waals surface area contributed by atoms with E-state index in [-0.39, 0.29) is 5.97 Å². The second-order valence-electron chi connectivity index (χ2n) is 3.98. The van der Waals surface area contributed by atoms with Crippen molar-refractivity contribution in [1.82, 2.24) is 9.97 Å². The molecule has 0 unspecified atom stereocenters. The van der Waals surface area contributed by atoms with Gasteiger partial charge < -0.3 is 10.1 Å². The lowest BCUT2D eigenvalue weighted by Gasteiger charge is -2.06. The van der Waals surface area contributed by atoms with Gasteiger partial charge in [0.25, 0.3) is 0 Å². The minimum absolute atomic E-state index is 0.145. The fourth-order valence-corrected chi connectivity index (χ4v) is 1.57. The van der Waals surface area contributed by atoms with Crippen LogP contribution in [0.3, 0.4) is 0 Å². The Balaban J connectivity index is 2.26. The van der Waals surface area contributed by atoms with E-state index < -0.39 is 0 Å². The molecule has 5 nitrogen and oxygen atoms in total. The highest BCUT2D eigenvalue weighted by Crippen LogP contribution is 2.06. The van der Waals surface area contributed by atoms with E-state index in [1.54, 1.807) is 6.33 Å². The molecule has 0 radical (unpaired) electrons. The van der Waals surface area contributed by atoms with Gasteiger partial charge in [0, 0.05) is 24.7 Å². The van der Waals surface area contributed by atoms with Crippen molar-refractivity contribution in [3.63, 3.8) is 0 Å². The highest BCUT2D eigenvalue weighted by molar-refractivity contribution is 5.69. The zero-order valence-electron chi connectivity index (χ0n) is 11.1. The predicted molar refractivity (Wildman–Crippen MR) is 70.4 cm³/mol. The van der Waals surface area contributed by atoms with Crippen LogP contribution in [-0.4, -0.2) is 29.1 Å². The van der Waals surface area contributed by atoms with Crippen molar-refractivity contribution in [2.45, 2.75) is 39.5 Å². The number of rotatable bonds is 8. The van der Waals surface area contributed by atoms with Gasteiger partial charge in [0.1, 0.15) is 12.1 Å². The molecule has 100 valence electrons. The average Bonchev–Trinajstić information content (AvgIpc) is 2.36. The summed E-state index contributed by atoms with van der Waals surface area (Å²) in [4.78, 5) is 19.4. The Bertz CT molecular complexity index is 369. The molecule has 1 rings (SSSR count). The SMILES string of the molecule is CCCc1cc(NCCCC(=O)OCC)ncn1. The maximum Gasteiger partial charge on any atom is 0.305 e. The van der Waals surface area contributed by atoms with E-state index in [4.69, 9.17) is 4.74 Å². The number of carbonyl (C=O) groups excluding carboxylic acids is 1. The smallest absolute Gasteiger partial charge is 0.305 e. The molecule has 1 heterocycles. The van der Waals surface area contributed by atoms with Crippen molar-refractivity contribution in [3.05, 3.63) is 18.1 Å². The fraction of sp³-hybridized carbons (Fsp3) is 0.615. The predicted octanol–water partition coefficient (Wildman–Crippen LogP) is 2.18. The van der Waals surface area contributed by atoms with Gasteiger partial charge >= 0.3 is 5.97 Å². The van der Waals surface area contributed by atoms with Crippen molar-refractivity contribution in [1.29, 1.82) is 0 Å². The molecule has 0 aliphatic heterocycles. The molecule has 1 aromatic heterocycles. The Labute approximate surface area is 108 Å². The van der Waals surface area contributed by atoms with E-state index in [9.17, 15) is 4.79 Å². The van der Waals surface area contributed by atoms with Crippen LogP contribution in [0.1, 0.15) is 38.8 Å². The molecule has 0 amide bonds. The zero-order chi connectivity index (χ0) is 13.2. The van der Waals surface area contributed by atoms with Gasteiger partial charge in [-0.1, -0.05) is 13.3 Å². The van der Waals surface area contributed by atoms with Gasteiger partial charge in [-0.15, -0.1) is 0 Å². The number of aryl methyl sites for hydroxylation is 1. The Kier molecular flexibility index (Phi) is 6.76. The number of hydrogen-bond acceptors (Lipinski definition) is 5. The summed E-state index contributed by atoms with van der Waals surface area (Å²) in [5, 5.41) is 3.18. The summed E-state index contributed by atoms with van der Waals surface area (Å²) in [6, 6.07) is 1.95. The van der Waals surface area contributed by atoms with E-state index >= 15 is 0 Å². The summed E-state index contributed by atoms with van der Waals surface area (Å²) >= 11 is 0.